The molecule has 0 amide bonds. The van der Waals surface area contributed by atoms with Gasteiger partial charge in [-0.1, -0.05) is 5.16 Å². The fourth-order valence-corrected chi connectivity index (χ4v) is 1.82. The summed E-state index contributed by atoms with van der Waals surface area (Å²) in [4.78, 5) is 0. The maximum absolute atomic E-state index is 8.48. The first-order valence-electron chi connectivity index (χ1n) is 3.64. The summed E-state index contributed by atoms with van der Waals surface area (Å²) in [7, 11) is 0. The molecule has 0 spiro atoms. The van der Waals surface area contributed by atoms with E-state index in [9.17, 15) is 0 Å². The predicted octanol–water partition coefficient (Wildman–Crippen LogP) is 2.57. The molecule has 0 aliphatic carbocycles. The molecule has 1 heterocycles. The van der Waals surface area contributed by atoms with Crippen molar-refractivity contribution in [3.05, 3.63) is 17.0 Å². The van der Waals surface area contributed by atoms with E-state index >= 15 is 0 Å². The number of nitriles is 1. The smallest absolute Gasteiger partial charge is 0.138 e. The summed E-state index contributed by atoms with van der Waals surface area (Å²) in [6.07, 6.45) is 0. The van der Waals surface area contributed by atoms with Crippen LogP contribution in [0.4, 0.5) is 0 Å². The van der Waals surface area contributed by atoms with Crippen molar-refractivity contribution in [2.45, 2.75) is 26.0 Å². The topological polar surface area (TPSA) is 49.8 Å². The van der Waals surface area contributed by atoms with E-state index in [0.29, 0.717) is 0 Å². The predicted molar refractivity (Wildman–Crippen MR) is 47.6 cm³/mol. The number of hydrogen-bond donors (Lipinski definition) is 0. The normalized spacial score (nSPS) is 12.5. The van der Waals surface area contributed by atoms with Crippen molar-refractivity contribution < 1.29 is 4.52 Å². The second-order valence-electron chi connectivity index (χ2n) is 2.59. The van der Waals surface area contributed by atoms with E-state index in [2.05, 4.69) is 10.6 Å². The molecule has 4 heteroatoms. The summed E-state index contributed by atoms with van der Waals surface area (Å²) in [6, 6.07) is 0. The average Bonchev–Trinajstić information content (AvgIpc) is 2.32. The number of thioether (sulfide) groups is 1. The summed E-state index contributed by atoms with van der Waals surface area (Å²) >= 11 is 1.22. The second kappa shape index (κ2) is 3.63. The van der Waals surface area contributed by atoms with Crippen molar-refractivity contribution >= 4 is 11.8 Å². The Morgan fingerprint density at radius 1 is 1.58 bits per heavy atom. The average molecular weight is 182 g/mol. The third-order valence-corrected chi connectivity index (χ3v) is 2.42. The van der Waals surface area contributed by atoms with Gasteiger partial charge in [0.2, 0.25) is 0 Å². The Morgan fingerprint density at radius 3 is 2.67 bits per heavy atom. The quantitative estimate of drug-likeness (QED) is 0.659. The number of thiocyanates is 1. The van der Waals surface area contributed by atoms with E-state index in [1.54, 1.807) is 0 Å². The maximum Gasteiger partial charge on any atom is 0.138 e. The first-order chi connectivity index (χ1) is 5.66. The highest BCUT2D eigenvalue weighted by Crippen LogP contribution is 2.31. The molecule has 12 heavy (non-hydrogen) atoms. The van der Waals surface area contributed by atoms with Crippen molar-refractivity contribution in [1.82, 2.24) is 5.16 Å². The van der Waals surface area contributed by atoms with Crippen LogP contribution in [-0.4, -0.2) is 5.16 Å². The van der Waals surface area contributed by atoms with Crippen LogP contribution in [0.5, 0.6) is 0 Å². The number of hydrogen-bond acceptors (Lipinski definition) is 4. The molecule has 3 nitrogen and oxygen atoms in total. The monoisotopic (exact) mass is 182 g/mol. The lowest BCUT2D eigenvalue weighted by Crippen LogP contribution is -1.90. The maximum atomic E-state index is 8.48. The fourth-order valence-electron chi connectivity index (χ4n) is 1.21. The molecular weight excluding hydrogens is 172 g/mol. The Bertz CT molecular complexity index is 294. The summed E-state index contributed by atoms with van der Waals surface area (Å²) in [6.45, 7) is 5.73. The van der Waals surface area contributed by atoms with Gasteiger partial charge >= 0.3 is 0 Å². The first-order valence-corrected chi connectivity index (χ1v) is 4.52. The summed E-state index contributed by atoms with van der Waals surface area (Å²) in [5, 5.41) is 14.5. The van der Waals surface area contributed by atoms with E-state index in [4.69, 9.17) is 9.78 Å². The third kappa shape index (κ3) is 1.62. The first kappa shape index (κ1) is 9.14. The minimum atomic E-state index is 0.140. The summed E-state index contributed by atoms with van der Waals surface area (Å²) < 4.78 is 4.99. The van der Waals surface area contributed by atoms with Crippen LogP contribution in [0.25, 0.3) is 0 Å². The number of aromatic nitrogens is 1. The molecule has 0 fully saturated rings. The molecule has 0 aliphatic heterocycles. The van der Waals surface area contributed by atoms with Gasteiger partial charge in [-0.2, -0.15) is 5.26 Å². The summed E-state index contributed by atoms with van der Waals surface area (Å²) in [5.41, 5.74) is 1.92. The van der Waals surface area contributed by atoms with Crippen LogP contribution in [0.1, 0.15) is 29.2 Å². The van der Waals surface area contributed by atoms with Gasteiger partial charge in [-0.3, -0.25) is 0 Å². The lowest BCUT2D eigenvalue weighted by atomic mass is 10.1. The molecule has 0 aromatic carbocycles. The highest BCUT2D eigenvalue weighted by atomic mass is 32.2. The van der Waals surface area contributed by atoms with Gasteiger partial charge in [0.15, 0.2) is 0 Å². The molecule has 1 aromatic heterocycles. The Kier molecular flexibility index (Phi) is 2.77. The van der Waals surface area contributed by atoms with E-state index < -0.39 is 0 Å². The SMILES string of the molecule is Cc1noc(C)c1[C@@H](C)SC#N. The Hall–Kier alpha value is -0.950. The van der Waals surface area contributed by atoms with Gasteiger partial charge in [-0.25, -0.2) is 0 Å². The zero-order valence-electron chi connectivity index (χ0n) is 7.29. The van der Waals surface area contributed by atoms with Crippen molar-refractivity contribution in [3.63, 3.8) is 0 Å². The molecule has 1 rings (SSSR count). The molecule has 1 atom stereocenters. The molecule has 0 saturated heterocycles. The third-order valence-electron chi connectivity index (χ3n) is 1.72. The van der Waals surface area contributed by atoms with Gasteiger partial charge in [0.05, 0.1) is 5.69 Å². The zero-order chi connectivity index (χ0) is 9.14. The van der Waals surface area contributed by atoms with Crippen molar-refractivity contribution in [3.8, 4) is 5.40 Å². The molecule has 0 aliphatic rings. The molecule has 0 N–H and O–H groups in total. The van der Waals surface area contributed by atoms with Gasteiger partial charge in [0.1, 0.15) is 11.2 Å². The Balaban J connectivity index is 2.94. The van der Waals surface area contributed by atoms with Gasteiger partial charge in [-0.15, -0.1) is 0 Å². The van der Waals surface area contributed by atoms with Gasteiger partial charge in [0.25, 0.3) is 0 Å². The van der Waals surface area contributed by atoms with Crippen LogP contribution in [0.2, 0.25) is 0 Å². The van der Waals surface area contributed by atoms with Crippen LogP contribution < -0.4 is 0 Å². The largest absolute Gasteiger partial charge is 0.361 e. The van der Waals surface area contributed by atoms with Gasteiger partial charge in [-0.05, 0) is 32.5 Å². The highest BCUT2D eigenvalue weighted by Gasteiger charge is 2.16. The standard InChI is InChI=1S/C8H10N2OS/c1-5-8(6(2)11-10-5)7(3)12-4-9/h7H,1-3H3/t7-/m1/s1. The van der Waals surface area contributed by atoms with Gasteiger partial charge < -0.3 is 4.52 Å². The molecular formula is C8H10N2OS. The van der Waals surface area contributed by atoms with E-state index in [-0.39, 0.29) is 5.25 Å². The summed E-state index contributed by atoms with van der Waals surface area (Å²) in [5.74, 6) is 0.808. The van der Waals surface area contributed by atoms with E-state index in [1.165, 1.54) is 11.8 Å². The van der Waals surface area contributed by atoms with Gasteiger partial charge in [0, 0.05) is 10.8 Å². The molecule has 0 bridgehead atoms. The van der Waals surface area contributed by atoms with Crippen molar-refractivity contribution in [2.24, 2.45) is 0 Å². The molecule has 0 unspecified atom stereocenters. The van der Waals surface area contributed by atoms with Crippen LogP contribution in [0.3, 0.4) is 0 Å². The lowest BCUT2D eigenvalue weighted by Gasteiger charge is -2.03. The minimum Gasteiger partial charge on any atom is -0.361 e. The lowest BCUT2D eigenvalue weighted by molar-refractivity contribution is 0.392. The number of aryl methyl sites for hydroxylation is 2. The second-order valence-corrected chi connectivity index (χ2v) is 3.71. The molecule has 0 radical (unpaired) electrons. The zero-order valence-corrected chi connectivity index (χ0v) is 8.10. The Labute approximate surface area is 75.7 Å². The van der Waals surface area contributed by atoms with E-state index in [0.717, 1.165) is 17.0 Å². The van der Waals surface area contributed by atoms with Crippen molar-refractivity contribution in [2.75, 3.05) is 0 Å². The van der Waals surface area contributed by atoms with Crippen LogP contribution in [0, 0.1) is 24.5 Å². The molecule has 0 saturated carbocycles. The van der Waals surface area contributed by atoms with E-state index in [1.807, 2.05) is 20.8 Å². The Morgan fingerprint density at radius 2 is 2.25 bits per heavy atom. The minimum absolute atomic E-state index is 0.140. The van der Waals surface area contributed by atoms with Crippen LogP contribution >= 0.6 is 11.8 Å². The fraction of sp³-hybridized carbons (Fsp3) is 0.500. The highest BCUT2D eigenvalue weighted by molar-refractivity contribution is 8.03. The molecule has 64 valence electrons. The van der Waals surface area contributed by atoms with Crippen LogP contribution in [-0.2, 0) is 0 Å². The van der Waals surface area contributed by atoms with Crippen LogP contribution in [0.15, 0.2) is 4.52 Å². The molecule has 1 aromatic rings. The number of rotatable bonds is 2. The number of nitrogens with zero attached hydrogens (tertiary/aromatic N) is 2. The van der Waals surface area contributed by atoms with Crippen molar-refractivity contribution in [1.29, 1.82) is 5.26 Å².